The van der Waals surface area contributed by atoms with Crippen LogP contribution in [0.1, 0.15) is 136 Å². The summed E-state index contributed by atoms with van der Waals surface area (Å²) in [6.07, 6.45) is 30.7. The summed E-state index contributed by atoms with van der Waals surface area (Å²) in [5, 5.41) is 0. The molecule has 0 aromatic rings. The van der Waals surface area contributed by atoms with Gasteiger partial charge >= 0.3 is 0 Å². The van der Waals surface area contributed by atoms with Crippen LogP contribution < -0.4 is 0 Å². The van der Waals surface area contributed by atoms with E-state index in [0.29, 0.717) is 6.17 Å². The molecule has 1 atom stereocenters. The second-order valence-corrected chi connectivity index (χ2v) is 8.99. The largest absolute Gasteiger partial charge is 0.356 e. The lowest BCUT2D eigenvalue weighted by molar-refractivity contribution is 0.137. The summed E-state index contributed by atoms with van der Waals surface area (Å²) < 4.78 is 0. The highest BCUT2D eigenvalue weighted by Gasteiger charge is 2.24. The van der Waals surface area contributed by atoms with E-state index in [0.717, 1.165) is 0 Å². The monoisotopic (exact) mass is 392 g/mol. The summed E-state index contributed by atoms with van der Waals surface area (Å²) >= 11 is 0. The summed E-state index contributed by atoms with van der Waals surface area (Å²) in [6.45, 7) is 9.38. The normalized spacial score (nSPS) is 16.5. The van der Waals surface area contributed by atoms with Crippen molar-refractivity contribution in [3.63, 3.8) is 0 Å². The number of nitrogens with zero attached hydrogens (tertiary/aromatic N) is 2. The lowest BCUT2D eigenvalue weighted by atomic mass is 10.1. The van der Waals surface area contributed by atoms with E-state index in [4.69, 9.17) is 0 Å². The Hall–Kier alpha value is -0.660. The molecule has 0 bridgehead atoms. The van der Waals surface area contributed by atoms with E-state index in [1.54, 1.807) is 0 Å². The fraction of sp³-hybridized carbons (Fsp3) is 0.923. The van der Waals surface area contributed by atoms with Gasteiger partial charge in [0.1, 0.15) is 6.17 Å². The second kappa shape index (κ2) is 18.4. The number of rotatable bonds is 20. The Balaban J connectivity index is 2.05. The van der Waals surface area contributed by atoms with Gasteiger partial charge in [-0.3, -0.25) is 0 Å². The first-order chi connectivity index (χ1) is 13.8. The standard InChI is InChI=1S/C26H52N2/c1-4-7-9-11-12-13-14-15-16-17-18-20-23-28-25-24-27(22-6-3)26(28)21-19-10-8-5-2/h24-26H,4-23H2,1-3H3. The molecule has 0 radical (unpaired) electrons. The Morgan fingerprint density at radius 1 is 0.464 bits per heavy atom. The van der Waals surface area contributed by atoms with E-state index in [1.165, 1.54) is 129 Å². The van der Waals surface area contributed by atoms with Crippen LogP contribution in [0.3, 0.4) is 0 Å². The van der Waals surface area contributed by atoms with Crippen LogP contribution in [0.15, 0.2) is 12.4 Å². The summed E-state index contributed by atoms with van der Waals surface area (Å²) in [4.78, 5) is 5.23. The van der Waals surface area contributed by atoms with Crippen LogP contribution in [0.25, 0.3) is 0 Å². The average Bonchev–Trinajstić information content (AvgIpc) is 3.08. The predicted octanol–water partition coefficient (Wildman–Crippen LogP) is 8.48. The summed E-state index contributed by atoms with van der Waals surface area (Å²) in [5.74, 6) is 0. The summed E-state index contributed by atoms with van der Waals surface area (Å²) in [5.41, 5.74) is 0. The van der Waals surface area contributed by atoms with E-state index in [1.807, 2.05) is 0 Å². The number of hydrogen-bond donors (Lipinski definition) is 0. The molecule has 1 rings (SSSR count). The van der Waals surface area contributed by atoms with Gasteiger partial charge in [0.2, 0.25) is 0 Å². The van der Waals surface area contributed by atoms with Crippen molar-refractivity contribution in [2.24, 2.45) is 0 Å². The minimum Gasteiger partial charge on any atom is -0.356 e. The molecule has 0 spiro atoms. The maximum Gasteiger partial charge on any atom is 0.101 e. The van der Waals surface area contributed by atoms with Crippen molar-refractivity contribution in [1.82, 2.24) is 9.80 Å². The van der Waals surface area contributed by atoms with Crippen molar-refractivity contribution < 1.29 is 0 Å². The van der Waals surface area contributed by atoms with Crippen LogP contribution in [0.2, 0.25) is 0 Å². The topological polar surface area (TPSA) is 6.48 Å². The van der Waals surface area contributed by atoms with Gasteiger partial charge in [-0.15, -0.1) is 0 Å². The number of hydrogen-bond acceptors (Lipinski definition) is 2. The van der Waals surface area contributed by atoms with Crippen LogP contribution >= 0.6 is 0 Å². The van der Waals surface area contributed by atoms with E-state index >= 15 is 0 Å². The maximum absolute atomic E-state index is 2.64. The first-order valence-corrected chi connectivity index (χ1v) is 13.0. The van der Waals surface area contributed by atoms with E-state index < -0.39 is 0 Å². The van der Waals surface area contributed by atoms with Gasteiger partial charge < -0.3 is 9.80 Å². The van der Waals surface area contributed by atoms with Crippen LogP contribution in [0.4, 0.5) is 0 Å². The molecule has 0 saturated carbocycles. The molecule has 1 heterocycles. The summed E-state index contributed by atoms with van der Waals surface area (Å²) in [6, 6.07) is 0. The molecule has 1 aliphatic rings. The lowest BCUT2D eigenvalue weighted by Crippen LogP contribution is -2.39. The van der Waals surface area contributed by atoms with E-state index in [2.05, 4.69) is 43.0 Å². The Kier molecular flexibility index (Phi) is 16.7. The third-order valence-corrected chi connectivity index (χ3v) is 6.28. The van der Waals surface area contributed by atoms with Gasteiger partial charge in [-0.25, -0.2) is 0 Å². The predicted molar refractivity (Wildman–Crippen MR) is 126 cm³/mol. The SMILES string of the molecule is CCCCCCCCCCCCCCN1C=CN(CCC)C1CCCCCC. The fourth-order valence-corrected chi connectivity index (χ4v) is 4.49. The van der Waals surface area contributed by atoms with Gasteiger partial charge in [-0.05, 0) is 25.7 Å². The Morgan fingerprint density at radius 3 is 1.39 bits per heavy atom. The van der Waals surface area contributed by atoms with Gasteiger partial charge in [0.15, 0.2) is 0 Å². The Bertz CT molecular complexity index is 352. The zero-order valence-electron chi connectivity index (χ0n) is 19.8. The maximum atomic E-state index is 2.64. The zero-order chi connectivity index (χ0) is 20.3. The molecule has 1 unspecified atom stereocenters. The van der Waals surface area contributed by atoms with Crippen LogP contribution in [-0.2, 0) is 0 Å². The van der Waals surface area contributed by atoms with Crippen molar-refractivity contribution >= 4 is 0 Å². The Labute approximate surface area is 178 Å². The highest BCUT2D eigenvalue weighted by molar-refractivity contribution is 4.96. The van der Waals surface area contributed by atoms with E-state index in [-0.39, 0.29) is 0 Å². The molecular formula is C26H52N2. The van der Waals surface area contributed by atoms with Crippen molar-refractivity contribution in [2.75, 3.05) is 13.1 Å². The molecule has 2 heteroatoms. The molecule has 0 amide bonds. The zero-order valence-corrected chi connectivity index (χ0v) is 19.8. The molecule has 0 aromatic heterocycles. The van der Waals surface area contributed by atoms with Gasteiger partial charge in [-0.2, -0.15) is 0 Å². The van der Waals surface area contributed by atoms with Gasteiger partial charge in [0.05, 0.1) is 0 Å². The molecule has 0 aromatic carbocycles. The highest BCUT2D eigenvalue weighted by atomic mass is 15.4. The van der Waals surface area contributed by atoms with Crippen molar-refractivity contribution in [3.05, 3.63) is 12.4 Å². The van der Waals surface area contributed by atoms with Crippen molar-refractivity contribution in [2.45, 2.75) is 143 Å². The third-order valence-electron chi connectivity index (χ3n) is 6.28. The highest BCUT2D eigenvalue weighted by Crippen LogP contribution is 2.23. The van der Waals surface area contributed by atoms with Gasteiger partial charge in [0, 0.05) is 25.5 Å². The molecular weight excluding hydrogens is 340 g/mol. The Morgan fingerprint density at radius 2 is 0.893 bits per heavy atom. The molecule has 1 aliphatic heterocycles. The molecule has 0 aliphatic carbocycles. The fourth-order valence-electron chi connectivity index (χ4n) is 4.49. The molecule has 0 saturated heterocycles. The molecule has 0 N–H and O–H groups in total. The van der Waals surface area contributed by atoms with Gasteiger partial charge in [-0.1, -0.05) is 111 Å². The quantitative estimate of drug-likeness (QED) is 0.192. The minimum absolute atomic E-state index is 0.643. The third kappa shape index (κ3) is 12.0. The molecule has 166 valence electrons. The average molecular weight is 393 g/mol. The molecule has 0 fully saturated rings. The first-order valence-electron chi connectivity index (χ1n) is 13.0. The first kappa shape index (κ1) is 25.4. The molecule has 2 nitrogen and oxygen atoms in total. The molecule has 28 heavy (non-hydrogen) atoms. The van der Waals surface area contributed by atoms with E-state index in [9.17, 15) is 0 Å². The van der Waals surface area contributed by atoms with Crippen LogP contribution in [-0.4, -0.2) is 29.1 Å². The number of unbranched alkanes of at least 4 members (excludes halogenated alkanes) is 14. The van der Waals surface area contributed by atoms with Crippen molar-refractivity contribution in [3.8, 4) is 0 Å². The van der Waals surface area contributed by atoms with Gasteiger partial charge in [0.25, 0.3) is 0 Å². The lowest BCUT2D eigenvalue weighted by Gasteiger charge is -2.33. The smallest absolute Gasteiger partial charge is 0.101 e. The van der Waals surface area contributed by atoms with Crippen LogP contribution in [0, 0.1) is 0 Å². The second-order valence-electron chi connectivity index (χ2n) is 8.99. The van der Waals surface area contributed by atoms with Crippen molar-refractivity contribution in [1.29, 1.82) is 0 Å². The van der Waals surface area contributed by atoms with Crippen LogP contribution in [0.5, 0.6) is 0 Å². The summed E-state index contributed by atoms with van der Waals surface area (Å²) in [7, 11) is 0. The minimum atomic E-state index is 0.643.